The second-order valence-corrected chi connectivity index (χ2v) is 6.54. The van der Waals surface area contributed by atoms with Gasteiger partial charge in [0.25, 0.3) is 0 Å². The molecule has 0 unspecified atom stereocenters. The third kappa shape index (κ3) is 4.40. The fraction of sp³-hybridized carbons (Fsp3) is 0.0952. The number of nitrogens with zero attached hydrogens (tertiary/aromatic N) is 4. The first-order valence-corrected chi connectivity index (χ1v) is 8.92. The minimum Gasteiger partial charge on any atom is -0.406 e. The standard InChI is InChI=1S/C21H13F4N5O/c1-12-27-17-7-2-14(22)10-18(17)30(12)20-9-13(11-26)8-19(29-20)28-15-3-5-16(6-4-15)31-21(23,24)25/h2-10H,1H3,(H,28,29). The van der Waals surface area contributed by atoms with E-state index in [2.05, 4.69) is 20.0 Å². The van der Waals surface area contributed by atoms with E-state index < -0.39 is 12.2 Å². The summed E-state index contributed by atoms with van der Waals surface area (Å²) in [6.07, 6.45) is -4.78. The number of fused-ring (bicyclic) bond motifs is 1. The third-order valence-electron chi connectivity index (χ3n) is 4.31. The molecule has 156 valence electrons. The van der Waals surface area contributed by atoms with Crippen LogP contribution in [0.2, 0.25) is 0 Å². The number of imidazole rings is 1. The number of ether oxygens (including phenoxy) is 1. The van der Waals surface area contributed by atoms with Crippen molar-refractivity contribution in [3.05, 3.63) is 71.8 Å². The van der Waals surface area contributed by atoms with Gasteiger partial charge in [-0.1, -0.05) is 0 Å². The van der Waals surface area contributed by atoms with Crippen LogP contribution in [0.1, 0.15) is 11.4 Å². The molecule has 4 aromatic rings. The first-order valence-electron chi connectivity index (χ1n) is 8.92. The molecule has 2 aromatic heterocycles. The zero-order valence-electron chi connectivity index (χ0n) is 15.9. The Morgan fingerprint density at radius 1 is 1.03 bits per heavy atom. The molecule has 0 bridgehead atoms. The summed E-state index contributed by atoms with van der Waals surface area (Å²) in [5, 5.41) is 12.4. The van der Waals surface area contributed by atoms with E-state index in [0.717, 1.165) is 12.1 Å². The van der Waals surface area contributed by atoms with Gasteiger partial charge >= 0.3 is 6.36 Å². The van der Waals surface area contributed by atoms with Gasteiger partial charge in [0.05, 0.1) is 22.7 Å². The maximum atomic E-state index is 13.8. The van der Waals surface area contributed by atoms with E-state index in [1.54, 1.807) is 17.6 Å². The third-order valence-corrected chi connectivity index (χ3v) is 4.31. The van der Waals surface area contributed by atoms with E-state index >= 15 is 0 Å². The van der Waals surface area contributed by atoms with Crippen LogP contribution in [-0.4, -0.2) is 20.9 Å². The van der Waals surface area contributed by atoms with Gasteiger partial charge in [0.2, 0.25) is 0 Å². The fourth-order valence-electron chi connectivity index (χ4n) is 3.11. The number of nitrogens with one attached hydrogen (secondary N) is 1. The zero-order chi connectivity index (χ0) is 22.2. The summed E-state index contributed by atoms with van der Waals surface area (Å²) in [6, 6.07) is 14.3. The maximum Gasteiger partial charge on any atom is 0.573 e. The predicted molar refractivity (Wildman–Crippen MR) is 105 cm³/mol. The summed E-state index contributed by atoms with van der Waals surface area (Å²) in [6.45, 7) is 1.73. The monoisotopic (exact) mass is 427 g/mol. The Morgan fingerprint density at radius 3 is 2.45 bits per heavy atom. The first-order chi connectivity index (χ1) is 14.7. The summed E-state index contributed by atoms with van der Waals surface area (Å²) in [4.78, 5) is 8.85. The van der Waals surface area contributed by atoms with Crippen LogP contribution in [0, 0.1) is 24.1 Å². The molecule has 0 atom stereocenters. The Balaban J connectivity index is 1.70. The molecule has 1 N–H and O–H groups in total. The van der Waals surface area contributed by atoms with Gasteiger partial charge < -0.3 is 10.1 Å². The summed E-state index contributed by atoms with van der Waals surface area (Å²) in [5.74, 6) is 0.354. The van der Waals surface area contributed by atoms with Crippen molar-refractivity contribution in [3.63, 3.8) is 0 Å². The molecule has 0 saturated heterocycles. The quantitative estimate of drug-likeness (QED) is 0.443. The molecule has 2 aromatic carbocycles. The number of hydrogen-bond donors (Lipinski definition) is 1. The van der Waals surface area contributed by atoms with Crippen molar-refractivity contribution in [1.29, 1.82) is 5.26 Å². The van der Waals surface area contributed by atoms with Crippen LogP contribution in [-0.2, 0) is 0 Å². The number of halogens is 4. The number of anilines is 2. The number of benzene rings is 2. The van der Waals surface area contributed by atoms with Gasteiger partial charge in [0, 0.05) is 11.8 Å². The first kappa shape index (κ1) is 20.2. The van der Waals surface area contributed by atoms with Gasteiger partial charge in [-0.05, 0) is 55.5 Å². The molecule has 2 heterocycles. The Bertz CT molecular complexity index is 1310. The molecule has 0 fully saturated rings. The molecule has 0 aliphatic carbocycles. The lowest BCUT2D eigenvalue weighted by Crippen LogP contribution is -2.16. The Hall–Kier alpha value is -4.13. The number of rotatable bonds is 4. The summed E-state index contributed by atoms with van der Waals surface area (Å²) < 4.78 is 56.2. The van der Waals surface area contributed by atoms with Gasteiger partial charge in [-0.2, -0.15) is 5.26 Å². The Morgan fingerprint density at radius 2 is 1.77 bits per heavy atom. The number of pyridine rings is 1. The van der Waals surface area contributed by atoms with E-state index in [4.69, 9.17) is 0 Å². The lowest BCUT2D eigenvalue weighted by Gasteiger charge is -2.12. The Kier molecular flexibility index (Phi) is 4.94. The molecular weight excluding hydrogens is 414 g/mol. The molecule has 4 rings (SSSR count). The molecule has 0 aliphatic heterocycles. The van der Waals surface area contributed by atoms with E-state index in [0.29, 0.717) is 28.4 Å². The van der Waals surface area contributed by atoms with Crippen LogP contribution in [0.5, 0.6) is 5.75 Å². The van der Waals surface area contributed by atoms with Crippen LogP contribution in [0.3, 0.4) is 0 Å². The molecule has 0 spiro atoms. The average molecular weight is 427 g/mol. The van der Waals surface area contributed by atoms with Gasteiger partial charge in [0.1, 0.15) is 29.0 Å². The zero-order valence-corrected chi connectivity index (χ0v) is 15.9. The molecular formula is C21H13F4N5O. The van der Waals surface area contributed by atoms with Crippen LogP contribution in [0.25, 0.3) is 16.9 Å². The molecule has 0 saturated carbocycles. The van der Waals surface area contributed by atoms with Gasteiger partial charge in [-0.25, -0.2) is 14.4 Å². The van der Waals surface area contributed by atoms with Gasteiger partial charge in [-0.15, -0.1) is 13.2 Å². The van der Waals surface area contributed by atoms with Gasteiger partial charge in [-0.3, -0.25) is 4.57 Å². The maximum absolute atomic E-state index is 13.8. The summed E-state index contributed by atoms with van der Waals surface area (Å²) in [7, 11) is 0. The minimum atomic E-state index is -4.78. The molecule has 31 heavy (non-hydrogen) atoms. The predicted octanol–water partition coefficient (Wildman–Crippen LogP) is 5.38. The normalized spacial score (nSPS) is 11.4. The highest BCUT2D eigenvalue weighted by molar-refractivity contribution is 5.78. The molecule has 0 amide bonds. The lowest BCUT2D eigenvalue weighted by atomic mass is 10.2. The van der Waals surface area contributed by atoms with Crippen LogP contribution < -0.4 is 10.1 Å². The molecule has 0 aliphatic rings. The Labute approximate surface area is 173 Å². The summed E-state index contributed by atoms with van der Waals surface area (Å²) >= 11 is 0. The largest absolute Gasteiger partial charge is 0.573 e. The SMILES string of the molecule is Cc1nc2ccc(F)cc2n1-c1cc(C#N)cc(Nc2ccc(OC(F)(F)F)cc2)n1. The van der Waals surface area contributed by atoms with Gasteiger partial charge in [0.15, 0.2) is 0 Å². The highest BCUT2D eigenvalue weighted by Crippen LogP contribution is 2.27. The average Bonchev–Trinajstić information content (AvgIpc) is 3.03. The number of alkyl halides is 3. The van der Waals surface area contributed by atoms with Crippen molar-refractivity contribution in [3.8, 4) is 17.6 Å². The minimum absolute atomic E-state index is 0.274. The van der Waals surface area contributed by atoms with E-state index in [9.17, 15) is 22.8 Å². The highest BCUT2D eigenvalue weighted by Gasteiger charge is 2.30. The number of hydrogen-bond acceptors (Lipinski definition) is 5. The van der Waals surface area contributed by atoms with Crippen LogP contribution in [0.4, 0.5) is 29.1 Å². The molecule has 10 heteroatoms. The molecule has 0 radical (unpaired) electrons. The number of aromatic nitrogens is 3. The van der Waals surface area contributed by atoms with Crippen LogP contribution in [0.15, 0.2) is 54.6 Å². The smallest absolute Gasteiger partial charge is 0.406 e. The van der Waals surface area contributed by atoms with E-state index in [-0.39, 0.29) is 17.1 Å². The number of aryl methyl sites for hydroxylation is 1. The second-order valence-electron chi connectivity index (χ2n) is 6.54. The number of nitriles is 1. The van der Waals surface area contributed by atoms with E-state index in [1.165, 1.54) is 36.4 Å². The topological polar surface area (TPSA) is 75.8 Å². The lowest BCUT2D eigenvalue weighted by molar-refractivity contribution is -0.274. The van der Waals surface area contributed by atoms with Crippen molar-refractivity contribution < 1.29 is 22.3 Å². The fourth-order valence-corrected chi connectivity index (χ4v) is 3.11. The van der Waals surface area contributed by atoms with Crippen LogP contribution >= 0.6 is 0 Å². The van der Waals surface area contributed by atoms with E-state index in [1.807, 2.05) is 6.07 Å². The molecule has 6 nitrogen and oxygen atoms in total. The van der Waals surface area contributed by atoms with Crippen molar-refractivity contribution in [2.24, 2.45) is 0 Å². The second kappa shape index (κ2) is 7.60. The van der Waals surface area contributed by atoms with Crippen molar-refractivity contribution in [2.45, 2.75) is 13.3 Å². The highest BCUT2D eigenvalue weighted by atomic mass is 19.4. The van der Waals surface area contributed by atoms with Crippen molar-refractivity contribution in [2.75, 3.05) is 5.32 Å². The summed E-state index contributed by atoms with van der Waals surface area (Å²) in [5.41, 5.74) is 1.76. The van der Waals surface area contributed by atoms with Crippen molar-refractivity contribution >= 4 is 22.5 Å². The van der Waals surface area contributed by atoms with Crippen molar-refractivity contribution in [1.82, 2.24) is 14.5 Å².